The zero-order chi connectivity index (χ0) is 95.5. The number of aromatic nitrogens is 4. The lowest BCUT2D eigenvalue weighted by Crippen LogP contribution is -2.24. The minimum atomic E-state index is -0.354. The second kappa shape index (κ2) is 51.9. The van der Waals surface area contributed by atoms with E-state index in [4.69, 9.17) is 78.8 Å². The number of ether oxygens (including phenoxy) is 8. The summed E-state index contributed by atoms with van der Waals surface area (Å²) in [4.78, 5) is 17.5. The lowest BCUT2D eigenvalue weighted by molar-refractivity contribution is 0.101. The molecule has 0 atom stereocenters. The average Bonchev–Trinajstić information content (AvgIpc) is 0.714. The molecule has 4 aliphatic heterocycles. The van der Waals surface area contributed by atoms with E-state index < -0.39 is 0 Å². The normalized spacial score (nSPS) is 15.5. The molecular weight excluding hydrogens is 1740 g/mol. The molecule has 0 spiro atoms. The zero-order valence-electron chi connectivity index (χ0n) is 82.8. The summed E-state index contributed by atoms with van der Waals surface area (Å²) in [6.07, 6.45) is 58.8. The molecule has 4 aromatic heterocycles. The van der Waals surface area contributed by atoms with E-state index in [0.717, 1.165) is 192 Å². The summed E-state index contributed by atoms with van der Waals surface area (Å²) in [5.74, 6) is 4.16. The van der Waals surface area contributed by atoms with Crippen LogP contribution < -0.4 is 37.9 Å². The van der Waals surface area contributed by atoms with Gasteiger partial charge in [-0.25, -0.2) is 0 Å². The van der Waals surface area contributed by atoms with Crippen LogP contribution in [0.2, 0.25) is 0 Å². The maximum atomic E-state index is 7.73. The molecule has 728 valence electrons. The molecule has 0 saturated heterocycles. The van der Waals surface area contributed by atoms with Gasteiger partial charge in [0.05, 0.1) is 69.8 Å². The molecule has 8 bridgehead atoms. The first kappa shape index (κ1) is 98.8. The van der Waals surface area contributed by atoms with Crippen molar-refractivity contribution >= 4 is 45.5 Å². The van der Waals surface area contributed by atoms with Crippen LogP contribution >= 0.6 is 0 Å². The Hall–Kier alpha value is -12.8. The number of hydrogen-bond acceptors (Lipinski definition) is 20. The fourth-order valence-corrected chi connectivity index (χ4v) is 21.2. The predicted molar refractivity (Wildman–Crippen MR) is 560 cm³/mol. The zero-order valence-corrected chi connectivity index (χ0v) is 82.8. The minimum Gasteiger partial charge on any atom is -0.456 e. The lowest BCUT2D eigenvalue weighted by atomic mass is 9.73. The molecule has 1 aliphatic carbocycles. The monoisotopic (exact) mass is 1880 g/mol. The van der Waals surface area contributed by atoms with Crippen molar-refractivity contribution in [1.29, 1.82) is 0 Å². The van der Waals surface area contributed by atoms with Crippen molar-refractivity contribution in [3.8, 4) is 90.5 Å². The van der Waals surface area contributed by atoms with Crippen LogP contribution in [0.5, 0.6) is 46.0 Å². The quantitative estimate of drug-likeness (QED) is 0.0256. The molecule has 5 aliphatic rings. The molecule has 0 unspecified atom stereocenters. The van der Waals surface area contributed by atoms with E-state index in [1.807, 2.05) is 48.5 Å². The summed E-state index contributed by atoms with van der Waals surface area (Å²) in [6.45, 7) is 8.53. The highest BCUT2D eigenvalue weighted by Crippen LogP contribution is 2.63. The van der Waals surface area contributed by atoms with Gasteiger partial charge >= 0.3 is 0 Å². The first-order valence-corrected chi connectivity index (χ1v) is 52.9. The Balaban J connectivity index is 0.977. The molecule has 17 rings (SSSR count). The lowest BCUT2D eigenvalue weighted by Gasteiger charge is -2.38. The van der Waals surface area contributed by atoms with Crippen LogP contribution in [0.15, 0.2) is 260 Å². The van der Waals surface area contributed by atoms with E-state index in [-0.39, 0.29) is 50.8 Å². The van der Waals surface area contributed by atoms with Gasteiger partial charge < -0.3 is 37.9 Å². The largest absolute Gasteiger partial charge is 0.456 e. The number of hydrogen-bond donors (Lipinski definition) is 0. The van der Waals surface area contributed by atoms with Crippen molar-refractivity contribution in [2.45, 2.75) is 308 Å². The minimum absolute atomic E-state index is 0.169. The SMILES string of the molecule is CCCCCCCCCCCC1c2cc3c4c(-c5ccc(N=Nc6cccnc6)cc5)c2OCOc2c1cc1c(c2-c2ccc(N=Nc5cccnc5)cc2)OCOc2c(cc5c(c2-c2ccc(N=Nc6cccnc6)cc2)OCOc2c(cc(c(c2-c2ccc(N=Nc6cccnc6)cc2)OCO4)C3CCCCCCCCCCC)C5CCCCCCCCCCC)C1CCCCCCCCCCC. The van der Waals surface area contributed by atoms with E-state index >= 15 is 0 Å². The highest BCUT2D eigenvalue weighted by molar-refractivity contribution is 5.89. The van der Waals surface area contributed by atoms with E-state index in [2.05, 4.69) is 169 Å². The predicted octanol–water partition coefficient (Wildman–Crippen LogP) is 37.0. The number of nitrogens with zero attached hydrogens (tertiary/aromatic N) is 12. The molecule has 0 saturated carbocycles. The molecule has 8 heterocycles. The number of pyridine rings is 4. The Bertz CT molecular complexity index is 5190. The summed E-state index contributed by atoms with van der Waals surface area (Å²) in [6, 6.07) is 59.1. The number of unbranched alkanes of at least 4 members (excludes halogenated alkanes) is 32. The van der Waals surface area contributed by atoms with Crippen LogP contribution in [0.3, 0.4) is 0 Å². The number of rotatable bonds is 52. The van der Waals surface area contributed by atoms with Crippen molar-refractivity contribution in [1.82, 2.24) is 19.9 Å². The van der Waals surface area contributed by atoms with E-state index in [0.29, 0.717) is 91.5 Å². The molecule has 0 N–H and O–H groups in total. The Morgan fingerprint density at radius 3 is 0.529 bits per heavy atom. The van der Waals surface area contributed by atoms with Crippen LogP contribution in [0, 0.1) is 0 Å². The van der Waals surface area contributed by atoms with Gasteiger partial charge in [0, 0.05) is 93.0 Å². The maximum Gasteiger partial charge on any atom is 0.230 e. The highest BCUT2D eigenvalue weighted by Gasteiger charge is 2.43. The topological polar surface area (TPSA) is 224 Å². The first-order chi connectivity index (χ1) is 69.4. The van der Waals surface area contributed by atoms with Crippen molar-refractivity contribution in [2.75, 3.05) is 27.2 Å². The first-order valence-electron chi connectivity index (χ1n) is 52.9. The molecule has 140 heavy (non-hydrogen) atoms. The Morgan fingerprint density at radius 1 is 0.200 bits per heavy atom. The van der Waals surface area contributed by atoms with Crippen LogP contribution in [-0.4, -0.2) is 47.1 Å². The smallest absolute Gasteiger partial charge is 0.230 e. The van der Waals surface area contributed by atoms with Crippen LogP contribution in [0.1, 0.15) is 353 Å². The fourth-order valence-electron chi connectivity index (χ4n) is 21.2. The van der Waals surface area contributed by atoms with Gasteiger partial charge in [-0.15, -0.1) is 20.5 Å². The van der Waals surface area contributed by atoms with Gasteiger partial charge in [-0.1, -0.05) is 307 Å². The van der Waals surface area contributed by atoms with E-state index in [1.54, 1.807) is 49.6 Å². The Labute approximate surface area is 829 Å². The van der Waals surface area contributed by atoms with Crippen LogP contribution in [0.4, 0.5) is 45.5 Å². The third-order valence-electron chi connectivity index (χ3n) is 28.5. The number of benzene rings is 8. The van der Waals surface area contributed by atoms with Gasteiger partial charge in [0.1, 0.15) is 68.7 Å². The van der Waals surface area contributed by atoms with Crippen LogP contribution in [-0.2, 0) is 0 Å². The van der Waals surface area contributed by atoms with E-state index in [1.165, 1.54) is 154 Å². The summed E-state index contributed by atoms with van der Waals surface area (Å²) in [5, 5.41) is 38.1. The third-order valence-corrected chi connectivity index (χ3v) is 28.5. The van der Waals surface area contributed by atoms with Crippen molar-refractivity contribution in [3.05, 3.63) is 264 Å². The summed E-state index contributed by atoms with van der Waals surface area (Å²) >= 11 is 0. The fraction of sp³-hybridized carbons (Fsp3) is 0.433. The molecule has 20 heteroatoms. The standard InChI is InChI=1S/C120H140N12O8/c1-5-9-13-17-21-25-29-33-37-49-97-101-73-103-98(50-38-34-30-26-22-18-14-10-6-2)105-75-107-100(52-40-36-32-28-24-20-16-12-8-4)108-76-106-99(51-39-35-31-27-23-19-15-11-7-3)104-74-102(97)114-110(86-55-63-90(64-56-86)126-130-94-46-42-70-122-78-94)116(104)136-83-138-118(106)112(88-59-67-92(68-60-88)128-132-96-48-44-72-124-80-96)120(108)140-84-139-119(107)111(87-57-65-91(66-58-87)127-131-95-47-43-71-123-79-95)117(105)137-82-135-115(103)109(113(101)133-81-134-114)85-53-61-89(62-54-85)125-129-93-45-41-69-121-77-93/h41-48,53-80,97-100H,5-40,49-52,81-84H2,1-4H3. The van der Waals surface area contributed by atoms with Gasteiger partial charge in [0.15, 0.2) is 0 Å². The third kappa shape index (κ3) is 25.5. The Morgan fingerprint density at radius 2 is 0.364 bits per heavy atom. The van der Waals surface area contributed by atoms with Gasteiger partial charge in [-0.2, -0.15) is 20.5 Å². The second-order valence-electron chi connectivity index (χ2n) is 38.5. The number of azo groups is 4. The molecule has 0 amide bonds. The molecule has 8 aromatic carbocycles. The summed E-state index contributed by atoms with van der Waals surface area (Å²) in [7, 11) is 0. The Kier molecular flexibility index (Phi) is 36.6. The van der Waals surface area contributed by atoms with Crippen LogP contribution in [0.25, 0.3) is 44.5 Å². The highest BCUT2D eigenvalue weighted by atomic mass is 16.7. The van der Waals surface area contributed by atoms with Crippen molar-refractivity contribution < 1.29 is 37.9 Å². The molecular formula is C120H140N12O8. The van der Waals surface area contributed by atoms with Gasteiger partial charge in [-0.3, -0.25) is 19.9 Å². The molecule has 0 radical (unpaired) electrons. The molecule has 12 aromatic rings. The van der Waals surface area contributed by atoms with Gasteiger partial charge in [0.25, 0.3) is 0 Å². The molecule has 20 nitrogen and oxygen atoms in total. The second-order valence-corrected chi connectivity index (χ2v) is 38.5. The van der Waals surface area contributed by atoms with Gasteiger partial charge in [0.2, 0.25) is 27.2 Å². The van der Waals surface area contributed by atoms with Gasteiger partial charge in [-0.05, 0) is 169 Å². The maximum absolute atomic E-state index is 7.73. The summed E-state index contributed by atoms with van der Waals surface area (Å²) < 4.78 is 61.9. The van der Waals surface area contributed by atoms with Crippen molar-refractivity contribution in [2.24, 2.45) is 40.9 Å². The van der Waals surface area contributed by atoms with Crippen molar-refractivity contribution in [3.63, 3.8) is 0 Å². The molecule has 0 fully saturated rings. The average molecular weight is 1880 g/mol. The summed E-state index contributed by atoms with van der Waals surface area (Å²) in [5.41, 5.74) is 20.7. The van der Waals surface area contributed by atoms with E-state index in [9.17, 15) is 0 Å².